The van der Waals surface area contributed by atoms with Crippen LogP contribution in [0.2, 0.25) is 0 Å². The van der Waals surface area contributed by atoms with Crippen molar-refractivity contribution in [2.45, 2.75) is 60.9 Å². The molecule has 5 nitrogen and oxygen atoms in total. The Balaban J connectivity index is 2.03. The van der Waals surface area contributed by atoms with Crippen LogP contribution in [0.25, 0.3) is 11.0 Å². The Labute approximate surface area is 186 Å². The highest BCUT2D eigenvalue weighted by molar-refractivity contribution is 5.95. The fourth-order valence-electron chi connectivity index (χ4n) is 3.97. The summed E-state index contributed by atoms with van der Waals surface area (Å²) in [5, 5.41) is 0. The van der Waals surface area contributed by atoms with Gasteiger partial charge in [-0.25, -0.2) is 4.98 Å². The number of aryl methyl sites for hydroxylation is 2. The Morgan fingerprint density at radius 1 is 1.10 bits per heavy atom. The fourth-order valence-corrected chi connectivity index (χ4v) is 3.97. The Hall–Kier alpha value is -2.66. The number of amides is 1. The van der Waals surface area contributed by atoms with Crippen LogP contribution in [0.5, 0.6) is 0 Å². The molecule has 0 radical (unpaired) electrons. The average molecular weight is 422 g/mol. The highest BCUT2D eigenvalue weighted by Gasteiger charge is 2.24. The molecule has 0 aliphatic heterocycles. The van der Waals surface area contributed by atoms with Crippen molar-refractivity contribution in [2.75, 3.05) is 18.2 Å². The molecule has 0 aliphatic carbocycles. The number of nitrogens with zero attached hydrogens (tertiary/aromatic N) is 3. The maximum Gasteiger partial charge on any atom is 0.248 e. The molecule has 0 saturated carbocycles. The first kappa shape index (κ1) is 23.0. The van der Waals surface area contributed by atoms with Crippen LogP contribution < -0.4 is 4.90 Å². The Bertz CT molecular complexity index is 1050. The standard InChI is InChI=1S/C26H35N3O2/c1-7-20-13-11-12-19(3)25(20)29(18-31-8-2)24(30)17-28-22-15-10-9-14-21(22)27-23(28)16-26(4,5)6/h9-15H,7-8,16-18H2,1-6H3. The van der Waals surface area contributed by atoms with Gasteiger partial charge in [-0.2, -0.15) is 0 Å². The summed E-state index contributed by atoms with van der Waals surface area (Å²) in [6.07, 6.45) is 1.65. The minimum Gasteiger partial charge on any atom is -0.361 e. The van der Waals surface area contributed by atoms with Crippen LogP contribution >= 0.6 is 0 Å². The van der Waals surface area contributed by atoms with E-state index in [9.17, 15) is 4.79 Å². The molecule has 0 aliphatic rings. The third-order valence-corrected chi connectivity index (χ3v) is 5.41. The van der Waals surface area contributed by atoms with Crippen molar-refractivity contribution in [1.29, 1.82) is 0 Å². The molecule has 0 bridgehead atoms. The number of ether oxygens (including phenoxy) is 1. The van der Waals surface area contributed by atoms with Crippen molar-refractivity contribution >= 4 is 22.6 Å². The van der Waals surface area contributed by atoms with E-state index in [2.05, 4.69) is 51.3 Å². The van der Waals surface area contributed by atoms with Gasteiger partial charge in [0.05, 0.1) is 16.7 Å². The van der Waals surface area contributed by atoms with Crippen LogP contribution in [0.15, 0.2) is 42.5 Å². The van der Waals surface area contributed by atoms with Crippen molar-refractivity contribution in [3.8, 4) is 0 Å². The first-order valence-electron chi connectivity index (χ1n) is 11.2. The molecular weight excluding hydrogens is 386 g/mol. The number of hydrogen-bond donors (Lipinski definition) is 0. The van der Waals surface area contributed by atoms with Crippen LogP contribution in [0, 0.1) is 12.3 Å². The van der Waals surface area contributed by atoms with Crippen LogP contribution in [0.4, 0.5) is 5.69 Å². The number of fused-ring (bicyclic) bond motifs is 1. The van der Waals surface area contributed by atoms with Gasteiger partial charge >= 0.3 is 0 Å². The molecule has 3 rings (SSSR count). The van der Waals surface area contributed by atoms with E-state index in [1.54, 1.807) is 4.90 Å². The monoisotopic (exact) mass is 421 g/mol. The molecular formula is C26H35N3O2. The predicted octanol–water partition coefficient (Wildman–Crippen LogP) is 5.52. The topological polar surface area (TPSA) is 47.4 Å². The molecule has 0 fully saturated rings. The van der Waals surface area contributed by atoms with Gasteiger partial charge in [0.2, 0.25) is 5.91 Å². The van der Waals surface area contributed by atoms with Gasteiger partial charge in [0.15, 0.2) is 0 Å². The molecule has 166 valence electrons. The van der Waals surface area contributed by atoms with E-state index in [1.165, 1.54) is 0 Å². The van der Waals surface area contributed by atoms with E-state index < -0.39 is 0 Å². The lowest BCUT2D eigenvalue weighted by Gasteiger charge is -2.27. The van der Waals surface area contributed by atoms with Crippen molar-refractivity contribution in [2.24, 2.45) is 5.41 Å². The van der Waals surface area contributed by atoms with Gasteiger partial charge in [-0.1, -0.05) is 58.0 Å². The molecule has 0 spiro atoms. The van der Waals surface area contributed by atoms with Gasteiger partial charge in [-0.3, -0.25) is 9.69 Å². The molecule has 2 aromatic carbocycles. The molecule has 3 aromatic rings. The van der Waals surface area contributed by atoms with Crippen LogP contribution in [0.1, 0.15) is 51.6 Å². The first-order chi connectivity index (χ1) is 14.7. The largest absolute Gasteiger partial charge is 0.361 e. The van der Waals surface area contributed by atoms with Gasteiger partial charge in [-0.05, 0) is 48.9 Å². The number of carbonyl (C=O) groups excluding carboxylic acids is 1. The molecule has 5 heteroatoms. The number of anilines is 1. The molecule has 1 amide bonds. The van der Waals surface area contributed by atoms with Crippen LogP contribution in [0.3, 0.4) is 0 Å². The zero-order chi connectivity index (χ0) is 22.6. The van der Waals surface area contributed by atoms with E-state index in [1.807, 2.05) is 37.3 Å². The van der Waals surface area contributed by atoms with E-state index in [0.29, 0.717) is 6.61 Å². The summed E-state index contributed by atoms with van der Waals surface area (Å²) < 4.78 is 7.80. The minimum absolute atomic E-state index is 0.00997. The molecule has 0 saturated heterocycles. The number of carbonyl (C=O) groups is 1. The Kier molecular flexibility index (Phi) is 7.16. The molecule has 0 unspecified atom stereocenters. The summed E-state index contributed by atoms with van der Waals surface area (Å²) in [4.78, 5) is 20.4. The summed E-state index contributed by atoms with van der Waals surface area (Å²) in [5.74, 6) is 0.953. The van der Waals surface area contributed by atoms with Crippen LogP contribution in [-0.4, -0.2) is 28.8 Å². The van der Waals surface area contributed by atoms with E-state index in [0.717, 1.165) is 46.5 Å². The maximum atomic E-state index is 13.7. The third kappa shape index (κ3) is 5.34. The quantitative estimate of drug-likeness (QED) is 0.450. The summed E-state index contributed by atoms with van der Waals surface area (Å²) in [6.45, 7) is 13.7. The lowest BCUT2D eigenvalue weighted by molar-refractivity contribution is -0.120. The summed E-state index contributed by atoms with van der Waals surface area (Å²) in [5.41, 5.74) is 5.18. The van der Waals surface area contributed by atoms with Crippen molar-refractivity contribution in [3.05, 3.63) is 59.4 Å². The first-order valence-corrected chi connectivity index (χ1v) is 11.2. The summed E-state index contributed by atoms with van der Waals surface area (Å²) in [6, 6.07) is 14.2. The van der Waals surface area contributed by atoms with Gasteiger partial charge < -0.3 is 9.30 Å². The molecule has 0 atom stereocenters. The van der Waals surface area contributed by atoms with Crippen molar-refractivity contribution in [1.82, 2.24) is 9.55 Å². The van der Waals surface area contributed by atoms with Gasteiger partial charge in [0, 0.05) is 13.0 Å². The van der Waals surface area contributed by atoms with E-state index >= 15 is 0 Å². The lowest BCUT2D eigenvalue weighted by Crippen LogP contribution is -2.37. The van der Waals surface area contributed by atoms with Crippen molar-refractivity contribution in [3.63, 3.8) is 0 Å². The minimum atomic E-state index is 0.00997. The average Bonchev–Trinajstić information content (AvgIpc) is 3.04. The lowest BCUT2D eigenvalue weighted by atomic mass is 9.92. The Morgan fingerprint density at radius 2 is 1.84 bits per heavy atom. The van der Waals surface area contributed by atoms with Gasteiger partial charge in [-0.15, -0.1) is 0 Å². The molecule has 1 heterocycles. The number of benzene rings is 2. The van der Waals surface area contributed by atoms with Crippen LogP contribution in [-0.2, 0) is 28.9 Å². The second kappa shape index (κ2) is 9.65. The van der Waals surface area contributed by atoms with Gasteiger partial charge in [0.25, 0.3) is 0 Å². The van der Waals surface area contributed by atoms with Gasteiger partial charge in [0.1, 0.15) is 19.1 Å². The van der Waals surface area contributed by atoms with E-state index in [-0.39, 0.29) is 24.6 Å². The van der Waals surface area contributed by atoms with Crippen molar-refractivity contribution < 1.29 is 9.53 Å². The zero-order valence-electron chi connectivity index (χ0n) is 19.7. The number of hydrogen-bond acceptors (Lipinski definition) is 3. The number of rotatable bonds is 8. The highest BCUT2D eigenvalue weighted by atomic mass is 16.5. The smallest absolute Gasteiger partial charge is 0.248 e. The number of aromatic nitrogens is 2. The maximum absolute atomic E-state index is 13.7. The summed E-state index contributed by atoms with van der Waals surface area (Å²) >= 11 is 0. The normalized spacial score (nSPS) is 11.8. The number of imidazole rings is 1. The zero-order valence-corrected chi connectivity index (χ0v) is 19.7. The molecule has 31 heavy (non-hydrogen) atoms. The SMILES string of the molecule is CCOCN(C(=O)Cn1c(CC(C)(C)C)nc2ccccc21)c1c(C)cccc1CC. The molecule has 1 aromatic heterocycles. The van der Waals surface area contributed by atoms with E-state index in [4.69, 9.17) is 9.72 Å². The highest BCUT2D eigenvalue weighted by Crippen LogP contribution is 2.28. The third-order valence-electron chi connectivity index (χ3n) is 5.41. The Morgan fingerprint density at radius 3 is 2.52 bits per heavy atom. The second-order valence-corrected chi connectivity index (χ2v) is 9.22. The predicted molar refractivity (Wildman–Crippen MR) is 127 cm³/mol. The second-order valence-electron chi connectivity index (χ2n) is 9.22. The fraction of sp³-hybridized carbons (Fsp3) is 0.462. The summed E-state index contributed by atoms with van der Waals surface area (Å²) in [7, 11) is 0. The number of para-hydroxylation sites is 3. The molecule has 0 N–H and O–H groups in total.